The first kappa shape index (κ1) is 22.1. The molecular weight excluding hydrogens is 425 g/mol. The maximum absolute atomic E-state index is 12.9. The van der Waals surface area contributed by atoms with Crippen molar-refractivity contribution < 1.29 is 31.5 Å². The Morgan fingerprint density at radius 2 is 1.87 bits per heavy atom. The predicted molar refractivity (Wildman–Crippen MR) is 97.8 cm³/mol. The molecule has 0 spiro atoms. The summed E-state index contributed by atoms with van der Waals surface area (Å²) in [7, 11) is 1.52. The van der Waals surface area contributed by atoms with Crippen molar-refractivity contribution in [2.24, 2.45) is 0 Å². The molecule has 12 heteroatoms. The second-order valence-corrected chi connectivity index (χ2v) is 6.49. The Labute approximate surface area is 173 Å². The van der Waals surface area contributed by atoms with Gasteiger partial charge in [-0.2, -0.15) is 26.7 Å². The van der Waals surface area contributed by atoms with Crippen LogP contribution in [0.25, 0.3) is 11.4 Å². The van der Waals surface area contributed by atoms with E-state index in [1.54, 1.807) is 12.1 Å². The molecule has 0 fully saturated rings. The Hall–Kier alpha value is -3.57. The molecular formula is C19H16F5N5O2. The van der Waals surface area contributed by atoms with Crippen molar-refractivity contribution in [3.63, 3.8) is 0 Å². The lowest BCUT2D eigenvalue weighted by Crippen LogP contribution is -2.30. The van der Waals surface area contributed by atoms with Crippen LogP contribution in [0.4, 0.5) is 22.0 Å². The number of amides is 1. The minimum atomic E-state index is -4.51. The third-order valence-electron chi connectivity index (χ3n) is 4.17. The molecule has 0 aliphatic carbocycles. The Bertz CT molecular complexity index is 1040. The molecule has 0 aliphatic rings. The quantitative estimate of drug-likeness (QED) is 0.524. The van der Waals surface area contributed by atoms with Gasteiger partial charge in [-0.05, 0) is 35.0 Å². The fourth-order valence-electron chi connectivity index (χ4n) is 2.64. The molecule has 1 aromatic heterocycles. The summed E-state index contributed by atoms with van der Waals surface area (Å²) in [6.45, 7) is -3.02. The van der Waals surface area contributed by atoms with E-state index in [9.17, 15) is 26.7 Å². The number of alkyl halides is 5. The highest BCUT2D eigenvalue weighted by Gasteiger charge is 2.30. The zero-order valence-corrected chi connectivity index (χ0v) is 16.1. The highest BCUT2D eigenvalue weighted by Crippen LogP contribution is 2.31. The van der Waals surface area contributed by atoms with Crippen LogP contribution in [0.3, 0.4) is 0 Å². The summed E-state index contributed by atoms with van der Waals surface area (Å²) in [5.74, 6) is -0.432. The summed E-state index contributed by atoms with van der Waals surface area (Å²) < 4.78 is 67.2. The van der Waals surface area contributed by atoms with Gasteiger partial charge in [0, 0.05) is 19.2 Å². The molecule has 1 amide bonds. The molecule has 0 aliphatic heterocycles. The minimum Gasteiger partial charge on any atom is -0.435 e. The van der Waals surface area contributed by atoms with Gasteiger partial charge in [0.05, 0.1) is 5.56 Å². The molecule has 0 saturated heterocycles. The summed E-state index contributed by atoms with van der Waals surface area (Å²) in [5.41, 5.74) is -0.0521. The minimum absolute atomic E-state index is 0.00154. The highest BCUT2D eigenvalue weighted by atomic mass is 19.4. The van der Waals surface area contributed by atoms with Crippen LogP contribution >= 0.6 is 0 Å². The molecule has 2 aromatic carbocycles. The van der Waals surface area contributed by atoms with Gasteiger partial charge >= 0.3 is 12.8 Å². The smallest absolute Gasteiger partial charge is 0.416 e. The van der Waals surface area contributed by atoms with E-state index in [1.165, 1.54) is 36.2 Å². The SMILES string of the molecule is CN(Cc1ccc(OC(F)F)cc1)C(=O)Cn1nnc(-c2cccc(C(F)(F)F)c2)n1. The van der Waals surface area contributed by atoms with Crippen molar-refractivity contribution in [3.8, 4) is 17.1 Å². The number of rotatable bonds is 7. The normalized spacial score (nSPS) is 11.6. The molecule has 0 bridgehead atoms. The van der Waals surface area contributed by atoms with Crippen LogP contribution in [-0.2, 0) is 24.1 Å². The van der Waals surface area contributed by atoms with Gasteiger partial charge < -0.3 is 9.64 Å². The van der Waals surface area contributed by atoms with Gasteiger partial charge in [0.1, 0.15) is 12.3 Å². The van der Waals surface area contributed by atoms with E-state index in [-0.39, 0.29) is 36.1 Å². The third-order valence-corrected chi connectivity index (χ3v) is 4.17. The Morgan fingerprint density at radius 1 is 1.16 bits per heavy atom. The summed E-state index contributed by atoms with van der Waals surface area (Å²) in [6.07, 6.45) is -4.51. The van der Waals surface area contributed by atoms with E-state index in [4.69, 9.17) is 0 Å². The number of carbonyl (C=O) groups is 1. The Morgan fingerprint density at radius 3 is 2.52 bits per heavy atom. The number of likely N-dealkylation sites (N-methyl/N-ethyl adjacent to an activating group) is 1. The first-order chi connectivity index (χ1) is 14.6. The number of hydrogen-bond acceptors (Lipinski definition) is 5. The fraction of sp³-hybridized carbons (Fsp3) is 0.263. The molecule has 3 rings (SSSR count). The maximum atomic E-state index is 12.9. The molecule has 31 heavy (non-hydrogen) atoms. The van der Waals surface area contributed by atoms with Gasteiger partial charge in [0.15, 0.2) is 0 Å². The van der Waals surface area contributed by atoms with Gasteiger partial charge in [0.2, 0.25) is 11.7 Å². The predicted octanol–water partition coefficient (Wildman–Crippen LogP) is 3.62. The number of hydrogen-bond donors (Lipinski definition) is 0. The molecule has 0 unspecified atom stereocenters. The van der Waals surface area contributed by atoms with Gasteiger partial charge in [-0.1, -0.05) is 24.3 Å². The van der Waals surface area contributed by atoms with Crippen molar-refractivity contribution in [1.82, 2.24) is 25.1 Å². The lowest BCUT2D eigenvalue weighted by Gasteiger charge is -2.17. The molecule has 7 nitrogen and oxygen atoms in total. The number of benzene rings is 2. The van der Waals surface area contributed by atoms with Crippen molar-refractivity contribution in [2.75, 3.05) is 7.05 Å². The number of halogens is 5. The molecule has 0 radical (unpaired) electrons. The van der Waals surface area contributed by atoms with Gasteiger partial charge in [-0.3, -0.25) is 4.79 Å². The summed E-state index contributed by atoms with van der Waals surface area (Å²) in [5, 5.41) is 11.4. The van der Waals surface area contributed by atoms with Crippen LogP contribution in [0.15, 0.2) is 48.5 Å². The van der Waals surface area contributed by atoms with E-state index in [0.717, 1.165) is 16.9 Å². The van der Waals surface area contributed by atoms with Crippen LogP contribution < -0.4 is 4.74 Å². The van der Waals surface area contributed by atoms with Gasteiger partial charge in [0.25, 0.3) is 0 Å². The second-order valence-electron chi connectivity index (χ2n) is 6.49. The van der Waals surface area contributed by atoms with E-state index < -0.39 is 18.4 Å². The first-order valence-corrected chi connectivity index (χ1v) is 8.85. The number of aromatic nitrogens is 4. The lowest BCUT2D eigenvalue weighted by molar-refractivity contribution is -0.137. The summed E-state index contributed by atoms with van der Waals surface area (Å²) >= 11 is 0. The standard InChI is InChI=1S/C19H16F5N5O2/c1-28(10-12-5-7-15(8-6-12)31-18(20)21)16(30)11-29-26-17(25-27-29)13-3-2-4-14(9-13)19(22,23)24/h2-9,18H,10-11H2,1H3. The van der Waals surface area contributed by atoms with E-state index in [1.807, 2.05) is 0 Å². The first-order valence-electron chi connectivity index (χ1n) is 8.85. The fourth-order valence-corrected chi connectivity index (χ4v) is 2.64. The van der Waals surface area contributed by atoms with E-state index >= 15 is 0 Å². The van der Waals surface area contributed by atoms with Crippen LogP contribution in [0, 0.1) is 0 Å². The van der Waals surface area contributed by atoms with Crippen LogP contribution in [0.1, 0.15) is 11.1 Å². The van der Waals surface area contributed by atoms with Gasteiger partial charge in [-0.25, -0.2) is 0 Å². The topological polar surface area (TPSA) is 73.1 Å². The highest BCUT2D eigenvalue weighted by molar-refractivity contribution is 5.75. The Balaban J connectivity index is 1.62. The monoisotopic (exact) mass is 441 g/mol. The van der Waals surface area contributed by atoms with E-state index in [0.29, 0.717) is 5.56 Å². The summed E-state index contributed by atoms with van der Waals surface area (Å²) in [4.78, 5) is 14.7. The third kappa shape index (κ3) is 5.96. The number of ether oxygens (including phenoxy) is 1. The molecule has 0 saturated carbocycles. The van der Waals surface area contributed by atoms with Crippen LogP contribution in [-0.4, -0.2) is 44.7 Å². The van der Waals surface area contributed by atoms with E-state index in [2.05, 4.69) is 20.1 Å². The maximum Gasteiger partial charge on any atom is 0.416 e. The van der Waals surface area contributed by atoms with Crippen molar-refractivity contribution in [3.05, 3.63) is 59.7 Å². The number of carbonyl (C=O) groups excluding carboxylic acids is 1. The summed E-state index contributed by atoms with van der Waals surface area (Å²) in [6, 6.07) is 10.3. The van der Waals surface area contributed by atoms with Crippen molar-refractivity contribution >= 4 is 5.91 Å². The van der Waals surface area contributed by atoms with Gasteiger partial charge in [-0.15, -0.1) is 10.2 Å². The Kier molecular flexibility index (Phi) is 6.47. The average Bonchev–Trinajstić information content (AvgIpc) is 3.17. The lowest BCUT2D eigenvalue weighted by atomic mass is 10.1. The van der Waals surface area contributed by atoms with Crippen molar-refractivity contribution in [1.29, 1.82) is 0 Å². The van der Waals surface area contributed by atoms with Crippen molar-refractivity contribution in [2.45, 2.75) is 25.9 Å². The van der Waals surface area contributed by atoms with Crippen LogP contribution in [0.5, 0.6) is 5.75 Å². The zero-order chi connectivity index (χ0) is 22.6. The number of tetrazole rings is 1. The molecule has 0 N–H and O–H groups in total. The average molecular weight is 441 g/mol. The molecule has 0 atom stereocenters. The molecule has 164 valence electrons. The molecule has 3 aromatic rings. The zero-order valence-electron chi connectivity index (χ0n) is 16.1. The number of nitrogens with zero attached hydrogens (tertiary/aromatic N) is 5. The molecule has 1 heterocycles. The largest absolute Gasteiger partial charge is 0.435 e. The second kappa shape index (κ2) is 9.06. The van der Waals surface area contributed by atoms with Crippen LogP contribution in [0.2, 0.25) is 0 Å².